The molecule has 52 heavy (non-hydrogen) atoms. The molecule has 0 saturated carbocycles. The van der Waals surface area contributed by atoms with E-state index in [9.17, 15) is 29.1 Å². The van der Waals surface area contributed by atoms with E-state index in [-0.39, 0.29) is 51.4 Å². The van der Waals surface area contributed by atoms with E-state index in [4.69, 9.17) is 9.47 Å². The van der Waals surface area contributed by atoms with Gasteiger partial charge in [-0.3, -0.25) is 24.0 Å². The number of ether oxygens (including phenoxy) is 2. The second-order valence-corrected chi connectivity index (χ2v) is 12.9. The molecule has 13 nitrogen and oxygen atoms in total. The molecule has 1 saturated heterocycles. The van der Waals surface area contributed by atoms with Crippen molar-refractivity contribution in [3.63, 3.8) is 0 Å². The summed E-state index contributed by atoms with van der Waals surface area (Å²) in [5.74, 6) is -1.91. The fourth-order valence-corrected chi connectivity index (χ4v) is 6.00. The van der Waals surface area contributed by atoms with Gasteiger partial charge in [-0.25, -0.2) is 0 Å². The third-order valence-corrected chi connectivity index (χ3v) is 9.04. The Morgan fingerprint density at radius 2 is 1.50 bits per heavy atom. The Hall–Kier alpha value is -5.69. The predicted octanol–water partition coefficient (Wildman–Crippen LogP) is 1.75. The number of aliphatic hydroxyl groups is 1. The number of nitrogens with zero attached hydrogens (tertiary/aromatic N) is 1. The number of nitrogens with one attached hydrogen (secondary N) is 4. The molecule has 0 radical (unpaired) electrons. The number of fused-ring (bicyclic) bond motifs is 15. The minimum Gasteiger partial charge on any atom is -0.492 e. The van der Waals surface area contributed by atoms with Gasteiger partial charge in [-0.05, 0) is 55.3 Å². The molecule has 274 valence electrons. The zero-order valence-corrected chi connectivity index (χ0v) is 29.2. The van der Waals surface area contributed by atoms with Gasteiger partial charge >= 0.3 is 0 Å². The van der Waals surface area contributed by atoms with Crippen LogP contribution < -0.4 is 30.7 Å². The van der Waals surface area contributed by atoms with Crippen molar-refractivity contribution >= 4 is 35.6 Å². The SMILES string of the molecule is C[C@@H]1NC(=O)C([C@@H](C)O)NC(=O)C2(CCN(C(=O)C=Cc3ccccc3)CC2)Oc2ccc(cc2)OCCNC(=O)[C@H](Cc2ccccc2)NC1=O. The molecule has 2 bridgehead atoms. The number of rotatable bonds is 5. The largest absolute Gasteiger partial charge is 0.492 e. The summed E-state index contributed by atoms with van der Waals surface area (Å²) in [4.78, 5) is 68.9. The molecule has 0 aliphatic carbocycles. The summed E-state index contributed by atoms with van der Waals surface area (Å²) in [7, 11) is 0. The summed E-state index contributed by atoms with van der Waals surface area (Å²) in [5.41, 5.74) is 0.187. The van der Waals surface area contributed by atoms with E-state index >= 15 is 0 Å². The van der Waals surface area contributed by atoms with Gasteiger partial charge in [0.2, 0.25) is 23.6 Å². The number of benzene rings is 3. The van der Waals surface area contributed by atoms with E-state index in [0.29, 0.717) is 11.5 Å². The third-order valence-electron chi connectivity index (χ3n) is 9.04. The topological polar surface area (TPSA) is 175 Å². The molecule has 3 aromatic carbocycles. The molecule has 3 aliphatic heterocycles. The smallest absolute Gasteiger partial charge is 0.265 e. The first-order valence-corrected chi connectivity index (χ1v) is 17.4. The first-order valence-electron chi connectivity index (χ1n) is 17.4. The monoisotopic (exact) mass is 711 g/mol. The minimum absolute atomic E-state index is 0.0947. The van der Waals surface area contributed by atoms with Crippen molar-refractivity contribution in [2.24, 2.45) is 0 Å². The maximum absolute atomic E-state index is 14.1. The number of carbonyl (C=O) groups excluding carboxylic acids is 5. The lowest BCUT2D eigenvalue weighted by molar-refractivity contribution is -0.148. The van der Waals surface area contributed by atoms with Crippen molar-refractivity contribution in [3.8, 4) is 11.5 Å². The highest BCUT2D eigenvalue weighted by Crippen LogP contribution is 2.31. The van der Waals surface area contributed by atoms with Gasteiger partial charge in [-0.2, -0.15) is 0 Å². The van der Waals surface area contributed by atoms with Crippen LogP contribution in [-0.2, 0) is 30.4 Å². The van der Waals surface area contributed by atoms with Gasteiger partial charge in [0, 0.05) is 38.4 Å². The van der Waals surface area contributed by atoms with Gasteiger partial charge in [0.15, 0.2) is 5.60 Å². The quantitative estimate of drug-likeness (QED) is 0.197. The van der Waals surface area contributed by atoms with Crippen molar-refractivity contribution in [1.82, 2.24) is 26.2 Å². The number of aliphatic hydroxyl groups excluding tert-OH is 1. The minimum atomic E-state index is -1.51. The summed E-state index contributed by atoms with van der Waals surface area (Å²) >= 11 is 0. The van der Waals surface area contributed by atoms with Crippen LogP contribution in [0.1, 0.15) is 37.8 Å². The van der Waals surface area contributed by atoms with Crippen LogP contribution in [0.25, 0.3) is 6.08 Å². The summed E-state index contributed by atoms with van der Waals surface area (Å²) in [6, 6.07) is 21.7. The Balaban J connectivity index is 1.37. The second kappa shape index (κ2) is 17.5. The van der Waals surface area contributed by atoms with E-state index in [1.807, 2.05) is 60.7 Å². The molecule has 5 amide bonds. The first kappa shape index (κ1) is 37.6. The Morgan fingerprint density at radius 1 is 0.865 bits per heavy atom. The Labute approximate surface area is 302 Å². The van der Waals surface area contributed by atoms with Crippen LogP contribution in [0.3, 0.4) is 0 Å². The molecule has 3 heterocycles. The summed E-state index contributed by atoms with van der Waals surface area (Å²) in [5, 5.41) is 21.4. The zero-order valence-electron chi connectivity index (χ0n) is 29.2. The van der Waals surface area contributed by atoms with Gasteiger partial charge in [0.25, 0.3) is 5.91 Å². The molecule has 1 fully saturated rings. The second-order valence-electron chi connectivity index (χ2n) is 12.9. The van der Waals surface area contributed by atoms with Gasteiger partial charge in [-0.15, -0.1) is 0 Å². The van der Waals surface area contributed by atoms with Crippen molar-refractivity contribution < 1.29 is 38.6 Å². The van der Waals surface area contributed by atoms with Gasteiger partial charge in [-0.1, -0.05) is 60.7 Å². The average molecular weight is 712 g/mol. The molecule has 3 aliphatic rings. The molecule has 13 heteroatoms. The molecule has 1 spiro atoms. The highest BCUT2D eigenvalue weighted by molar-refractivity contribution is 5.96. The maximum Gasteiger partial charge on any atom is 0.265 e. The number of piperidine rings is 1. The summed E-state index contributed by atoms with van der Waals surface area (Å²) < 4.78 is 12.2. The molecule has 5 N–H and O–H groups in total. The van der Waals surface area contributed by atoms with Crippen LogP contribution in [-0.4, -0.2) is 95.6 Å². The number of likely N-dealkylation sites (tertiary alicyclic amines) is 1. The predicted molar refractivity (Wildman–Crippen MR) is 193 cm³/mol. The first-order chi connectivity index (χ1) is 25.0. The van der Waals surface area contributed by atoms with Gasteiger partial charge in [0.1, 0.15) is 36.2 Å². The summed E-state index contributed by atoms with van der Waals surface area (Å²) in [6.07, 6.45) is 2.25. The number of hydrogen-bond acceptors (Lipinski definition) is 8. The Bertz CT molecular complexity index is 1720. The van der Waals surface area contributed by atoms with Crippen molar-refractivity contribution in [3.05, 3.63) is 102 Å². The molecule has 6 rings (SSSR count). The van der Waals surface area contributed by atoms with E-state index < -0.39 is 53.5 Å². The highest BCUT2D eigenvalue weighted by atomic mass is 16.5. The normalized spacial score (nSPS) is 22.3. The van der Waals surface area contributed by atoms with Crippen LogP contribution in [0.15, 0.2) is 91.0 Å². The van der Waals surface area contributed by atoms with E-state index in [1.54, 1.807) is 35.2 Å². The van der Waals surface area contributed by atoms with Crippen LogP contribution in [0.4, 0.5) is 0 Å². The van der Waals surface area contributed by atoms with Gasteiger partial charge in [0.05, 0.1) is 12.6 Å². The molecule has 0 aromatic heterocycles. The molecule has 3 aromatic rings. The maximum atomic E-state index is 14.1. The van der Waals surface area contributed by atoms with Crippen LogP contribution in [0.5, 0.6) is 11.5 Å². The lowest BCUT2D eigenvalue weighted by atomic mass is 9.89. The Morgan fingerprint density at radius 3 is 2.15 bits per heavy atom. The molecule has 1 unspecified atom stereocenters. The van der Waals surface area contributed by atoms with Crippen LogP contribution in [0, 0.1) is 0 Å². The van der Waals surface area contributed by atoms with E-state index in [0.717, 1.165) is 11.1 Å². The number of amides is 5. The van der Waals surface area contributed by atoms with Crippen LogP contribution >= 0.6 is 0 Å². The van der Waals surface area contributed by atoms with Gasteiger partial charge < -0.3 is 40.7 Å². The zero-order chi connectivity index (χ0) is 37.1. The van der Waals surface area contributed by atoms with Crippen molar-refractivity contribution in [2.45, 2.75) is 62.9 Å². The fraction of sp³-hybridized carbons (Fsp3) is 0.359. The summed E-state index contributed by atoms with van der Waals surface area (Å²) in [6.45, 7) is 3.45. The van der Waals surface area contributed by atoms with Crippen molar-refractivity contribution in [2.75, 3.05) is 26.2 Å². The lowest BCUT2D eigenvalue weighted by Crippen LogP contribution is -2.63. The Kier molecular flexibility index (Phi) is 12.6. The molecular formula is C39H45N5O8. The number of hydrogen-bond donors (Lipinski definition) is 5. The lowest BCUT2D eigenvalue weighted by Gasteiger charge is -2.41. The highest BCUT2D eigenvalue weighted by Gasteiger charge is 2.46. The van der Waals surface area contributed by atoms with E-state index in [2.05, 4.69) is 21.3 Å². The van der Waals surface area contributed by atoms with E-state index in [1.165, 1.54) is 19.9 Å². The number of carbonyl (C=O) groups is 5. The standard InChI is InChI=1S/C39H45N5O8/c1-26-35(47)42-32(25-29-11-7-4-8-12-29)36(48)40-21-24-51-30-14-16-31(17-15-30)52-39(38(50)43-34(27(2)45)37(49)41-26)19-22-44(23-20-39)33(46)18-13-28-9-5-3-6-10-28/h3-18,26-27,32,34,45H,19-25H2,1-2H3,(H,40,48)(H,41,49)(H,42,47)(H,43,50)/t26-,27+,32-,34?/m0/s1. The fourth-order valence-electron chi connectivity index (χ4n) is 6.00. The molecular weight excluding hydrogens is 666 g/mol. The molecule has 4 atom stereocenters. The average Bonchev–Trinajstić information content (AvgIpc) is 3.15. The third kappa shape index (κ3) is 9.97. The van der Waals surface area contributed by atoms with Crippen molar-refractivity contribution in [1.29, 1.82) is 0 Å². The van der Waals surface area contributed by atoms with Crippen LogP contribution in [0.2, 0.25) is 0 Å².